The summed E-state index contributed by atoms with van der Waals surface area (Å²) in [6.45, 7) is 8.28. The highest BCUT2D eigenvalue weighted by Gasteiger charge is 2.20. The number of aliphatic hydroxyl groups is 1. The minimum Gasteiger partial charge on any atom is -0.449 e. The Morgan fingerprint density at radius 3 is 2.60 bits per heavy atom. The van der Waals surface area contributed by atoms with Crippen LogP contribution in [-0.2, 0) is 4.74 Å². The highest BCUT2D eigenvalue weighted by atomic mass is 16.5. The van der Waals surface area contributed by atoms with Gasteiger partial charge in [0, 0.05) is 6.54 Å². The average Bonchev–Trinajstić information content (AvgIpc) is 2.11. The number of carbonyl (C=O) groups is 1. The van der Waals surface area contributed by atoms with Gasteiger partial charge in [-0.2, -0.15) is 0 Å². The van der Waals surface area contributed by atoms with Gasteiger partial charge in [0.1, 0.15) is 0 Å². The number of amides is 1. The Morgan fingerprint density at radius 2 is 2.13 bits per heavy atom. The van der Waals surface area contributed by atoms with E-state index in [2.05, 4.69) is 5.32 Å². The first-order valence-corrected chi connectivity index (χ1v) is 5.50. The Labute approximate surface area is 92.0 Å². The van der Waals surface area contributed by atoms with Gasteiger partial charge in [0.05, 0.1) is 12.2 Å². The fraction of sp³-hybridized carbons (Fsp3) is 0.909. The number of hydrogen-bond acceptors (Lipinski definition) is 3. The molecule has 0 bridgehead atoms. The van der Waals surface area contributed by atoms with Crippen LogP contribution in [0.4, 0.5) is 4.79 Å². The molecule has 1 atom stereocenters. The van der Waals surface area contributed by atoms with Crippen molar-refractivity contribution in [2.45, 2.75) is 46.1 Å². The third kappa shape index (κ3) is 8.24. The molecule has 2 N–H and O–H groups in total. The molecule has 4 heteroatoms. The van der Waals surface area contributed by atoms with Crippen molar-refractivity contribution in [2.75, 3.05) is 13.2 Å². The van der Waals surface area contributed by atoms with E-state index in [-0.39, 0.29) is 6.54 Å². The minimum atomic E-state index is -0.842. The predicted octanol–water partition coefficient (Wildman–Crippen LogP) is 1.92. The van der Waals surface area contributed by atoms with E-state index in [0.29, 0.717) is 18.9 Å². The largest absolute Gasteiger partial charge is 0.449 e. The third-order valence-electron chi connectivity index (χ3n) is 1.95. The van der Waals surface area contributed by atoms with Gasteiger partial charge in [-0.25, -0.2) is 4.79 Å². The molecule has 0 rings (SSSR count). The average molecular weight is 217 g/mol. The van der Waals surface area contributed by atoms with Crippen LogP contribution in [0.5, 0.6) is 0 Å². The molecule has 0 aromatic carbocycles. The third-order valence-corrected chi connectivity index (χ3v) is 1.95. The van der Waals surface area contributed by atoms with E-state index < -0.39 is 11.7 Å². The molecular weight excluding hydrogens is 194 g/mol. The number of hydrogen-bond donors (Lipinski definition) is 2. The molecule has 0 fully saturated rings. The second-order valence-corrected chi connectivity index (χ2v) is 4.59. The maximum absolute atomic E-state index is 11.2. The zero-order valence-corrected chi connectivity index (χ0v) is 10.2. The van der Waals surface area contributed by atoms with E-state index in [9.17, 15) is 9.90 Å². The lowest BCUT2D eigenvalue weighted by molar-refractivity contribution is 0.0465. The van der Waals surface area contributed by atoms with Crippen LogP contribution in [0, 0.1) is 5.92 Å². The van der Waals surface area contributed by atoms with Crippen LogP contribution in [0.1, 0.15) is 40.5 Å². The van der Waals surface area contributed by atoms with Gasteiger partial charge in [-0.15, -0.1) is 0 Å². The summed E-state index contributed by atoms with van der Waals surface area (Å²) >= 11 is 0. The highest BCUT2D eigenvalue weighted by Crippen LogP contribution is 2.09. The van der Waals surface area contributed by atoms with Crippen molar-refractivity contribution < 1.29 is 14.6 Å². The second kappa shape index (κ2) is 6.67. The fourth-order valence-corrected chi connectivity index (χ4v) is 1.18. The standard InChI is InChI=1S/C11H23NO3/c1-5-6-11(4,14)8-12-10(13)15-7-9(2)3/h9,14H,5-8H2,1-4H3,(H,12,13). The molecule has 0 saturated heterocycles. The Balaban J connectivity index is 3.70. The van der Waals surface area contributed by atoms with E-state index in [1.54, 1.807) is 6.92 Å². The van der Waals surface area contributed by atoms with E-state index in [0.717, 1.165) is 6.42 Å². The van der Waals surface area contributed by atoms with Gasteiger partial charge in [0.15, 0.2) is 0 Å². The molecular formula is C11H23NO3. The van der Waals surface area contributed by atoms with Crippen LogP contribution >= 0.6 is 0 Å². The molecule has 0 saturated carbocycles. The van der Waals surface area contributed by atoms with Gasteiger partial charge in [0.2, 0.25) is 0 Å². The summed E-state index contributed by atoms with van der Waals surface area (Å²) < 4.78 is 4.92. The van der Waals surface area contributed by atoms with Gasteiger partial charge in [0.25, 0.3) is 0 Å². The van der Waals surface area contributed by atoms with Gasteiger partial charge in [-0.1, -0.05) is 27.2 Å². The van der Waals surface area contributed by atoms with Crippen molar-refractivity contribution in [1.82, 2.24) is 5.32 Å². The summed E-state index contributed by atoms with van der Waals surface area (Å²) in [5.41, 5.74) is -0.842. The number of ether oxygens (including phenoxy) is 1. The van der Waals surface area contributed by atoms with Crippen molar-refractivity contribution in [3.63, 3.8) is 0 Å². The van der Waals surface area contributed by atoms with Crippen LogP contribution in [0.2, 0.25) is 0 Å². The van der Waals surface area contributed by atoms with Crippen molar-refractivity contribution in [3.05, 3.63) is 0 Å². The molecule has 1 amide bonds. The van der Waals surface area contributed by atoms with E-state index in [1.807, 2.05) is 20.8 Å². The van der Waals surface area contributed by atoms with E-state index in [1.165, 1.54) is 0 Å². The van der Waals surface area contributed by atoms with Crippen molar-refractivity contribution in [3.8, 4) is 0 Å². The lowest BCUT2D eigenvalue weighted by Crippen LogP contribution is -2.40. The first-order valence-electron chi connectivity index (χ1n) is 5.50. The normalized spacial score (nSPS) is 14.8. The molecule has 90 valence electrons. The summed E-state index contributed by atoms with van der Waals surface area (Å²) in [4.78, 5) is 11.2. The van der Waals surface area contributed by atoms with Gasteiger partial charge in [-0.05, 0) is 19.3 Å². The van der Waals surface area contributed by atoms with E-state index in [4.69, 9.17) is 4.74 Å². The Bertz CT molecular complexity index is 190. The Morgan fingerprint density at radius 1 is 1.53 bits per heavy atom. The predicted molar refractivity (Wildman–Crippen MR) is 59.7 cm³/mol. The van der Waals surface area contributed by atoms with Gasteiger partial charge < -0.3 is 15.2 Å². The molecule has 0 aromatic rings. The zero-order chi connectivity index (χ0) is 11.9. The van der Waals surface area contributed by atoms with Crippen molar-refractivity contribution in [2.24, 2.45) is 5.92 Å². The first kappa shape index (κ1) is 14.2. The van der Waals surface area contributed by atoms with Crippen LogP contribution < -0.4 is 5.32 Å². The quantitative estimate of drug-likeness (QED) is 0.714. The molecule has 0 aliphatic rings. The van der Waals surface area contributed by atoms with Crippen molar-refractivity contribution >= 4 is 6.09 Å². The molecule has 0 aromatic heterocycles. The van der Waals surface area contributed by atoms with E-state index >= 15 is 0 Å². The Hall–Kier alpha value is -0.770. The number of alkyl carbamates (subject to hydrolysis) is 1. The number of rotatable bonds is 6. The topological polar surface area (TPSA) is 58.6 Å². The number of carbonyl (C=O) groups excluding carboxylic acids is 1. The lowest BCUT2D eigenvalue weighted by Gasteiger charge is -2.22. The lowest BCUT2D eigenvalue weighted by atomic mass is 10.0. The van der Waals surface area contributed by atoms with Gasteiger partial charge in [-0.3, -0.25) is 0 Å². The van der Waals surface area contributed by atoms with Crippen LogP contribution in [0.25, 0.3) is 0 Å². The highest BCUT2D eigenvalue weighted by molar-refractivity contribution is 5.67. The molecule has 4 nitrogen and oxygen atoms in total. The van der Waals surface area contributed by atoms with Crippen LogP contribution in [-0.4, -0.2) is 30.0 Å². The number of nitrogens with one attached hydrogen (secondary N) is 1. The van der Waals surface area contributed by atoms with Crippen molar-refractivity contribution in [1.29, 1.82) is 0 Å². The molecule has 0 aliphatic carbocycles. The molecule has 0 heterocycles. The molecule has 0 radical (unpaired) electrons. The minimum absolute atomic E-state index is 0.234. The molecule has 0 spiro atoms. The monoisotopic (exact) mass is 217 g/mol. The summed E-state index contributed by atoms with van der Waals surface area (Å²) in [7, 11) is 0. The molecule has 1 unspecified atom stereocenters. The zero-order valence-electron chi connectivity index (χ0n) is 10.2. The summed E-state index contributed by atoms with van der Waals surface area (Å²) in [6, 6.07) is 0. The smallest absolute Gasteiger partial charge is 0.407 e. The Kier molecular flexibility index (Phi) is 6.32. The SMILES string of the molecule is CCCC(C)(O)CNC(=O)OCC(C)C. The maximum Gasteiger partial charge on any atom is 0.407 e. The fourth-order valence-electron chi connectivity index (χ4n) is 1.18. The molecule has 0 aliphatic heterocycles. The summed E-state index contributed by atoms with van der Waals surface area (Å²) in [5.74, 6) is 0.326. The van der Waals surface area contributed by atoms with Gasteiger partial charge >= 0.3 is 6.09 Å². The summed E-state index contributed by atoms with van der Waals surface area (Å²) in [5, 5.41) is 12.3. The maximum atomic E-state index is 11.2. The van der Waals surface area contributed by atoms with Crippen LogP contribution in [0.15, 0.2) is 0 Å². The summed E-state index contributed by atoms with van der Waals surface area (Å²) in [6.07, 6.45) is 1.09. The first-order chi connectivity index (χ1) is 6.87. The molecule has 15 heavy (non-hydrogen) atoms. The van der Waals surface area contributed by atoms with Crippen LogP contribution in [0.3, 0.4) is 0 Å². The second-order valence-electron chi connectivity index (χ2n) is 4.59.